The molecule has 0 fully saturated rings. The van der Waals surface area contributed by atoms with Crippen LogP contribution < -0.4 is 0 Å². The Balaban J connectivity index is 3.80. The fourth-order valence-corrected chi connectivity index (χ4v) is 2.44. The van der Waals surface area contributed by atoms with Gasteiger partial charge >= 0.3 is 15.3 Å². The van der Waals surface area contributed by atoms with E-state index in [1.165, 1.54) is 0 Å². The van der Waals surface area contributed by atoms with E-state index in [0.717, 1.165) is 6.08 Å². The minimum Gasteiger partial charge on any atom is -0.433 e. The maximum Gasteiger partial charge on any atom is 0.348 e. The Labute approximate surface area is 98.2 Å². The summed E-state index contributed by atoms with van der Waals surface area (Å²) in [5.41, 5.74) is 0. The van der Waals surface area contributed by atoms with Gasteiger partial charge in [0.1, 0.15) is 0 Å². The minimum absolute atomic E-state index is 0.354. The van der Waals surface area contributed by atoms with E-state index in [-0.39, 0.29) is 0 Å². The highest BCUT2D eigenvalue weighted by molar-refractivity contribution is 6.44. The predicted octanol–water partition coefficient (Wildman–Crippen LogP) is 0.911. The second kappa shape index (κ2) is 9.53. The van der Waals surface area contributed by atoms with E-state index in [0.29, 0.717) is 19.4 Å². The number of carbonyl (C=O) groups is 1. The van der Waals surface area contributed by atoms with Crippen LogP contribution in [0.5, 0.6) is 0 Å². The van der Waals surface area contributed by atoms with E-state index < -0.39 is 21.5 Å². The number of rotatable bonds is 9. The number of ether oxygens (including phenoxy) is 2. The van der Waals surface area contributed by atoms with Crippen molar-refractivity contribution < 1.29 is 23.1 Å². The molecule has 16 heavy (non-hydrogen) atoms. The van der Waals surface area contributed by atoms with Gasteiger partial charge in [-0.3, -0.25) is 0 Å². The molecule has 94 valence electrons. The Bertz CT molecular complexity index is 203. The van der Waals surface area contributed by atoms with Crippen molar-refractivity contribution in [2.24, 2.45) is 0 Å². The zero-order valence-corrected chi connectivity index (χ0v) is 11.3. The Hall–Kier alpha value is -0.693. The highest BCUT2D eigenvalue weighted by Gasteiger charge is 2.15. The molecule has 1 unspecified atom stereocenters. The van der Waals surface area contributed by atoms with Gasteiger partial charge in [-0.2, -0.15) is 0 Å². The fourth-order valence-electron chi connectivity index (χ4n) is 0.976. The molecule has 0 saturated heterocycles. The van der Waals surface area contributed by atoms with Crippen molar-refractivity contribution in [2.75, 3.05) is 19.4 Å². The van der Waals surface area contributed by atoms with Crippen LogP contribution in [0.2, 0.25) is 0 Å². The van der Waals surface area contributed by atoms with Crippen molar-refractivity contribution in [3.05, 3.63) is 12.7 Å². The van der Waals surface area contributed by atoms with E-state index in [1.54, 1.807) is 6.92 Å². The highest BCUT2D eigenvalue weighted by Crippen LogP contribution is 1.98. The number of hydrogen-bond donors (Lipinski definition) is 0. The highest BCUT2D eigenvalue weighted by atomic mass is 28.3. The molecule has 1 atom stereocenters. The first-order chi connectivity index (χ1) is 7.63. The molecule has 6 heteroatoms. The van der Waals surface area contributed by atoms with Crippen molar-refractivity contribution in [3.63, 3.8) is 0 Å². The number of carbonyl (C=O) groups excluding carboxylic acids is 1. The fraction of sp³-hybridized carbons (Fsp3) is 0.700. The van der Waals surface area contributed by atoms with Crippen LogP contribution in [0.4, 0.5) is 0 Å². The van der Waals surface area contributed by atoms with Gasteiger partial charge in [0.2, 0.25) is 0 Å². The summed E-state index contributed by atoms with van der Waals surface area (Å²) in [6, 6.07) is 0. The summed E-state index contributed by atoms with van der Waals surface area (Å²) in [5.74, 6) is -0.501. The van der Waals surface area contributed by atoms with Crippen LogP contribution >= 0.6 is 0 Å². The van der Waals surface area contributed by atoms with Crippen LogP contribution in [0, 0.1) is 0 Å². The largest absolute Gasteiger partial charge is 0.433 e. The molecular weight excluding hydrogens is 228 g/mol. The first kappa shape index (κ1) is 15.3. The Morgan fingerprint density at radius 1 is 1.38 bits per heavy atom. The molecule has 0 radical (unpaired) electrons. The van der Waals surface area contributed by atoms with E-state index >= 15 is 0 Å². The van der Waals surface area contributed by atoms with E-state index in [1.807, 2.05) is 13.8 Å². The molecule has 0 aliphatic heterocycles. The van der Waals surface area contributed by atoms with Crippen LogP contribution in [0.3, 0.4) is 0 Å². The maximum absolute atomic E-state index is 10.8. The molecule has 0 rings (SSSR count). The quantitative estimate of drug-likeness (QED) is 0.263. The summed E-state index contributed by atoms with van der Waals surface area (Å²) in [5, 5.41) is 0. The summed E-state index contributed by atoms with van der Waals surface area (Å²) in [4.78, 5) is 10.8. The summed E-state index contributed by atoms with van der Waals surface area (Å²) >= 11 is 0. The standard InChI is InChI=1S/C10H20O5Si/c1-5-10(11)15-9(4)12-8-16(13-6-2)14-7-3/h5,9,16H,1,6-8H2,2-4H3. The summed E-state index contributed by atoms with van der Waals surface area (Å²) < 4.78 is 20.9. The third kappa shape index (κ3) is 7.58. The van der Waals surface area contributed by atoms with E-state index in [2.05, 4.69) is 6.58 Å². The number of esters is 1. The van der Waals surface area contributed by atoms with Crippen LogP contribution in [-0.2, 0) is 23.1 Å². The lowest BCUT2D eigenvalue weighted by Gasteiger charge is -2.18. The molecule has 0 heterocycles. The SMILES string of the molecule is C=CC(=O)OC(C)OC[SiH](OCC)OCC. The summed E-state index contributed by atoms with van der Waals surface area (Å²) in [6.07, 6.45) is 0.842. The van der Waals surface area contributed by atoms with Crippen LogP contribution in [0.1, 0.15) is 20.8 Å². The Morgan fingerprint density at radius 2 is 1.94 bits per heavy atom. The smallest absolute Gasteiger partial charge is 0.348 e. The summed E-state index contributed by atoms with van der Waals surface area (Å²) in [6.45, 7) is 9.94. The predicted molar refractivity (Wildman–Crippen MR) is 62.1 cm³/mol. The monoisotopic (exact) mass is 248 g/mol. The summed E-state index contributed by atoms with van der Waals surface area (Å²) in [7, 11) is -1.78. The van der Waals surface area contributed by atoms with E-state index in [4.69, 9.17) is 18.3 Å². The van der Waals surface area contributed by atoms with Crippen molar-refractivity contribution in [3.8, 4) is 0 Å². The average molecular weight is 248 g/mol. The molecule has 0 saturated carbocycles. The van der Waals surface area contributed by atoms with Gasteiger partial charge < -0.3 is 18.3 Å². The van der Waals surface area contributed by atoms with Gasteiger partial charge in [-0.15, -0.1) is 0 Å². The lowest BCUT2D eigenvalue weighted by Crippen LogP contribution is -2.32. The molecule has 0 aromatic carbocycles. The van der Waals surface area contributed by atoms with Gasteiger partial charge in [-0.05, 0) is 20.8 Å². The van der Waals surface area contributed by atoms with Crippen LogP contribution in [0.25, 0.3) is 0 Å². The van der Waals surface area contributed by atoms with Crippen LogP contribution in [0.15, 0.2) is 12.7 Å². The Morgan fingerprint density at radius 3 is 2.38 bits per heavy atom. The molecule has 0 aromatic heterocycles. The van der Waals surface area contributed by atoms with Gasteiger partial charge in [-0.1, -0.05) is 6.58 Å². The maximum atomic E-state index is 10.8. The first-order valence-corrected chi connectivity index (χ1v) is 7.07. The Kier molecular flexibility index (Phi) is 9.11. The van der Waals surface area contributed by atoms with Gasteiger partial charge in [0, 0.05) is 19.3 Å². The topological polar surface area (TPSA) is 54.0 Å². The first-order valence-electron chi connectivity index (χ1n) is 5.31. The lowest BCUT2D eigenvalue weighted by atomic mass is 10.6. The average Bonchev–Trinajstić information content (AvgIpc) is 2.26. The number of hydrogen-bond acceptors (Lipinski definition) is 5. The molecule has 0 amide bonds. The van der Waals surface area contributed by atoms with Crippen LogP contribution in [-0.4, -0.2) is 41.0 Å². The van der Waals surface area contributed by atoms with Gasteiger partial charge in [0.15, 0.2) is 6.29 Å². The molecule has 0 aliphatic carbocycles. The van der Waals surface area contributed by atoms with Gasteiger partial charge in [0.05, 0.1) is 6.23 Å². The lowest BCUT2D eigenvalue weighted by molar-refractivity contribution is -0.166. The van der Waals surface area contributed by atoms with Gasteiger partial charge in [-0.25, -0.2) is 4.79 Å². The molecule has 0 aliphatic rings. The molecule has 5 nitrogen and oxygen atoms in total. The molecule has 0 bridgehead atoms. The minimum atomic E-state index is -1.78. The molecule has 0 N–H and O–H groups in total. The van der Waals surface area contributed by atoms with Crippen molar-refractivity contribution in [1.82, 2.24) is 0 Å². The van der Waals surface area contributed by atoms with E-state index in [9.17, 15) is 4.79 Å². The normalized spacial score (nSPS) is 12.5. The molecule has 0 aromatic rings. The molecule has 0 spiro atoms. The third-order valence-corrected chi connectivity index (χ3v) is 3.50. The van der Waals surface area contributed by atoms with Gasteiger partial charge in [0.25, 0.3) is 0 Å². The zero-order chi connectivity index (χ0) is 12.4. The van der Waals surface area contributed by atoms with Crippen molar-refractivity contribution in [2.45, 2.75) is 27.1 Å². The van der Waals surface area contributed by atoms with Crippen molar-refractivity contribution >= 4 is 15.3 Å². The third-order valence-electron chi connectivity index (χ3n) is 1.62. The second-order valence-corrected chi connectivity index (χ2v) is 4.74. The van der Waals surface area contributed by atoms with Crippen molar-refractivity contribution in [1.29, 1.82) is 0 Å². The molecular formula is C10H20O5Si. The zero-order valence-electron chi connectivity index (χ0n) is 10.1. The second-order valence-electron chi connectivity index (χ2n) is 2.88.